The molecule has 3 aromatic rings. The number of nitrogens with one attached hydrogen (secondary N) is 1. The number of methoxy groups -OCH3 is 1. The first-order valence-corrected chi connectivity index (χ1v) is 15.6. The van der Waals surface area contributed by atoms with Crippen LogP contribution in [0.2, 0.25) is 0 Å². The van der Waals surface area contributed by atoms with Crippen molar-refractivity contribution in [2.24, 2.45) is 0 Å². The van der Waals surface area contributed by atoms with E-state index in [9.17, 15) is 4.79 Å². The zero-order valence-electron chi connectivity index (χ0n) is 24.2. The summed E-state index contributed by atoms with van der Waals surface area (Å²) in [6.07, 6.45) is 17.8. The van der Waals surface area contributed by atoms with Crippen LogP contribution in [-0.2, 0) is 6.54 Å². The topological polar surface area (TPSA) is 51.4 Å². The maximum atomic E-state index is 13.0. The fourth-order valence-corrected chi connectivity index (χ4v) is 5.37. The number of hydrogen-bond acceptors (Lipinski definition) is 4. The van der Waals surface area contributed by atoms with E-state index in [2.05, 4.69) is 35.4 Å². The van der Waals surface area contributed by atoms with Crippen LogP contribution in [0, 0.1) is 6.92 Å². The van der Waals surface area contributed by atoms with Crippen molar-refractivity contribution in [3.63, 3.8) is 0 Å². The van der Waals surface area contributed by atoms with E-state index in [1.54, 1.807) is 18.4 Å². The van der Waals surface area contributed by atoms with E-state index in [0.717, 1.165) is 24.9 Å². The summed E-state index contributed by atoms with van der Waals surface area (Å²) in [6.45, 7) is 5.77. The Bertz CT molecular complexity index is 1110. The maximum Gasteiger partial charge on any atom is 0.255 e. The first kappa shape index (κ1) is 30.7. The number of aryl methyl sites for hydroxylation is 1. The fraction of sp³-hybridized carbons (Fsp3) is 0.515. The molecule has 0 fully saturated rings. The van der Waals surface area contributed by atoms with Crippen molar-refractivity contribution in [2.45, 2.75) is 97.4 Å². The van der Waals surface area contributed by atoms with Crippen LogP contribution in [0.4, 0.5) is 5.69 Å². The van der Waals surface area contributed by atoms with Crippen molar-refractivity contribution in [2.75, 3.05) is 19.0 Å². The molecular weight excluding hydrogens is 504 g/mol. The van der Waals surface area contributed by atoms with Gasteiger partial charge in [-0.15, -0.1) is 0 Å². The molecule has 0 aliphatic carbocycles. The number of benzene rings is 2. The Balaban J connectivity index is 1.41. The summed E-state index contributed by atoms with van der Waals surface area (Å²) >= 11 is 1.73. The van der Waals surface area contributed by atoms with Crippen molar-refractivity contribution >= 4 is 22.9 Å². The number of carbonyl (C=O) groups excluding carboxylic acids is 1. The van der Waals surface area contributed by atoms with Crippen LogP contribution in [-0.4, -0.2) is 19.6 Å². The maximum absolute atomic E-state index is 13.0. The highest BCUT2D eigenvalue weighted by Gasteiger charge is 2.15. The van der Waals surface area contributed by atoms with Gasteiger partial charge in [-0.1, -0.05) is 107 Å². The Labute approximate surface area is 239 Å². The van der Waals surface area contributed by atoms with Gasteiger partial charge in [0.25, 0.3) is 5.91 Å². The summed E-state index contributed by atoms with van der Waals surface area (Å²) in [5.74, 6) is 1.06. The number of amides is 1. The zero-order valence-corrected chi connectivity index (χ0v) is 25.0. The monoisotopic (exact) mass is 551 g/mol. The van der Waals surface area contributed by atoms with Gasteiger partial charge < -0.3 is 14.8 Å². The highest BCUT2D eigenvalue weighted by atomic mass is 32.1. The van der Waals surface area contributed by atoms with Crippen molar-refractivity contribution < 1.29 is 18.8 Å². The second kappa shape index (κ2) is 17.7. The van der Waals surface area contributed by atoms with Gasteiger partial charge in [-0.25, -0.2) is 0 Å². The molecule has 0 unspecified atom stereocenters. The largest absolute Gasteiger partial charge is 0.493 e. The van der Waals surface area contributed by atoms with E-state index in [1.165, 1.54) is 69.1 Å². The minimum atomic E-state index is -0.163. The summed E-state index contributed by atoms with van der Waals surface area (Å²) in [7, 11) is 1.63. The van der Waals surface area contributed by atoms with E-state index in [1.807, 2.05) is 42.5 Å². The van der Waals surface area contributed by atoms with E-state index in [0.29, 0.717) is 29.4 Å². The average molecular weight is 552 g/mol. The fourth-order valence-electron chi connectivity index (χ4n) is 4.74. The number of thiazole rings is 1. The minimum Gasteiger partial charge on any atom is -0.493 e. The third kappa shape index (κ3) is 11.0. The number of rotatable bonds is 19. The van der Waals surface area contributed by atoms with Crippen molar-refractivity contribution in [1.29, 1.82) is 0 Å². The first-order chi connectivity index (χ1) is 19.1. The number of ether oxygens (including phenoxy) is 2. The van der Waals surface area contributed by atoms with Gasteiger partial charge in [-0.2, -0.15) is 4.57 Å². The highest BCUT2D eigenvalue weighted by molar-refractivity contribution is 7.09. The summed E-state index contributed by atoms with van der Waals surface area (Å²) in [5, 5.41) is 3.02. The Morgan fingerprint density at radius 3 is 2.10 bits per heavy atom. The van der Waals surface area contributed by atoms with Crippen LogP contribution in [0.3, 0.4) is 0 Å². The SMILES string of the molecule is CCCCCCCCCCCCCCOc1c(NC(=O)c2ccc(C[n+]3csc(C)c3)cc2)cccc1OC. The molecule has 0 saturated carbocycles. The molecule has 1 aromatic heterocycles. The van der Waals surface area contributed by atoms with Crippen LogP contribution in [0.5, 0.6) is 11.5 Å². The number of carbonyl (C=O) groups is 1. The predicted molar refractivity (Wildman–Crippen MR) is 162 cm³/mol. The Morgan fingerprint density at radius 2 is 1.51 bits per heavy atom. The molecule has 0 aliphatic heterocycles. The molecule has 5 nitrogen and oxygen atoms in total. The molecule has 1 amide bonds. The number of para-hydroxylation sites is 1. The number of unbranched alkanes of at least 4 members (excludes halogenated alkanes) is 11. The van der Waals surface area contributed by atoms with Gasteiger partial charge >= 0.3 is 0 Å². The summed E-state index contributed by atoms with van der Waals surface area (Å²) in [4.78, 5) is 14.3. The summed E-state index contributed by atoms with van der Waals surface area (Å²) in [5.41, 5.74) is 4.51. The quantitative estimate of drug-likeness (QED) is 0.120. The van der Waals surface area contributed by atoms with Crippen LogP contribution < -0.4 is 19.4 Å². The van der Waals surface area contributed by atoms with Crippen LogP contribution in [0.25, 0.3) is 0 Å². The summed E-state index contributed by atoms with van der Waals surface area (Å²) in [6, 6.07) is 13.4. The number of aromatic nitrogens is 1. The average Bonchev–Trinajstić information content (AvgIpc) is 3.36. The molecule has 0 atom stereocenters. The van der Waals surface area contributed by atoms with Crippen LogP contribution >= 0.6 is 11.3 Å². The lowest BCUT2D eigenvalue weighted by Crippen LogP contribution is -2.30. The molecule has 0 spiro atoms. The van der Waals surface area contributed by atoms with E-state index >= 15 is 0 Å². The lowest BCUT2D eigenvalue weighted by Gasteiger charge is -2.16. The van der Waals surface area contributed by atoms with Gasteiger partial charge in [-0.3, -0.25) is 4.79 Å². The van der Waals surface area contributed by atoms with Crippen molar-refractivity contribution in [1.82, 2.24) is 0 Å². The second-order valence-corrected chi connectivity index (χ2v) is 11.5. The van der Waals surface area contributed by atoms with Gasteiger partial charge in [0, 0.05) is 11.1 Å². The van der Waals surface area contributed by atoms with Gasteiger partial charge in [0.05, 0.1) is 24.3 Å². The Hall–Kier alpha value is -2.86. The highest BCUT2D eigenvalue weighted by Crippen LogP contribution is 2.35. The molecule has 212 valence electrons. The smallest absolute Gasteiger partial charge is 0.255 e. The Kier molecular flexibility index (Phi) is 13.9. The summed E-state index contributed by atoms with van der Waals surface area (Å²) < 4.78 is 13.8. The molecule has 0 saturated heterocycles. The molecule has 0 aliphatic rings. The molecule has 6 heteroatoms. The molecule has 1 N–H and O–H groups in total. The lowest BCUT2D eigenvalue weighted by molar-refractivity contribution is -0.683. The lowest BCUT2D eigenvalue weighted by atomic mass is 10.1. The van der Waals surface area contributed by atoms with E-state index in [-0.39, 0.29) is 5.91 Å². The minimum absolute atomic E-state index is 0.163. The molecule has 0 radical (unpaired) electrons. The standard InChI is InChI=1S/C33H46N2O3S/c1-4-5-6-7-8-9-10-11-12-13-14-15-23-38-32-30(17-16-18-31(32)37-3)34-33(36)29-21-19-28(20-22-29)25-35-24-27(2)39-26-35/h16-22,24,26H,4-15,23,25H2,1-3H3/p+1. The van der Waals surface area contributed by atoms with E-state index in [4.69, 9.17) is 9.47 Å². The molecule has 0 bridgehead atoms. The molecule has 1 heterocycles. The molecule has 3 rings (SSSR count). The van der Waals surface area contributed by atoms with Gasteiger partial charge in [0.2, 0.25) is 5.51 Å². The Morgan fingerprint density at radius 1 is 0.872 bits per heavy atom. The zero-order chi connectivity index (χ0) is 27.7. The van der Waals surface area contributed by atoms with Gasteiger partial charge in [-0.05, 0) is 37.6 Å². The third-order valence-corrected chi connectivity index (χ3v) is 7.85. The second-order valence-electron chi connectivity index (χ2n) is 10.4. The van der Waals surface area contributed by atoms with Crippen molar-refractivity contribution in [3.8, 4) is 11.5 Å². The van der Waals surface area contributed by atoms with Crippen LogP contribution in [0.1, 0.15) is 105 Å². The van der Waals surface area contributed by atoms with Gasteiger partial charge in [0.1, 0.15) is 0 Å². The third-order valence-electron chi connectivity index (χ3n) is 6.99. The van der Waals surface area contributed by atoms with Crippen molar-refractivity contribution in [3.05, 3.63) is 70.2 Å². The number of anilines is 1. The van der Waals surface area contributed by atoms with Crippen LogP contribution in [0.15, 0.2) is 54.2 Å². The van der Waals surface area contributed by atoms with Gasteiger partial charge in [0.15, 0.2) is 24.2 Å². The van der Waals surface area contributed by atoms with E-state index < -0.39 is 0 Å². The number of hydrogen-bond donors (Lipinski definition) is 1. The molecule has 39 heavy (non-hydrogen) atoms. The normalized spacial score (nSPS) is 10.9. The first-order valence-electron chi connectivity index (χ1n) is 14.7. The predicted octanol–water partition coefficient (Wildman–Crippen LogP) is 8.73. The molecular formula is C33H47N2O3S+. The number of nitrogens with zero attached hydrogens (tertiary/aromatic N) is 1. The molecule has 2 aromatic carbocycles.